The zero-order chi connectivity index (χ0) is 17.1. The van der Waals surface area contributed by atoms with Crippen molar-refractivity contribution in [3.63, 3.8) is 0 Å². The molecule has 1 amide bonds. The number of nitrogens with one attached hydrogen (secondary N) is 3. The van der Waals surface area contributed by atoms with Crippen LogP contribution in [0.1, 0.15) is 16.1 Å². The molecule has 3 N–H and O–H groups in total. The van der Waals surface area contributed by atoms with E-state index in [0.29, 0.717) is 27.4 Å². The number of nitrogens with zero attached hydrogens (tertiary/aromatic N) is 2. The number of carbonyl (C=O) groups is 1. The van der Waals surface area contributed by atoms with Gasteiger partial charge in [0.1, 0.15) is 5.82 Å². The fourth-order valence-corrected chi connectivity index (χ4v) is 2.67. The van der Waals surface area contributed by atoms with Crippen LogP contribution in [-0.4, -0.2) is 21.1 Å². The highest BCUT2D eigenvalue weighted by atomic mass is 35.5. The maximum Gasteiger partial charge on any atom is 0.258 e. The Morgan fingerprint density at radius 3 is 2.54 bits per heavy atom. The molecule has 6 nitrogen and oxygen atoms in total. The molecular weight excluding hydrogens is 349 g/mol. The lowest BCUT2D eigenvalue weighted by Gasteiger charge is -2.09. The average molecular weight is 362 g/mol. The molecule has 8 heteroatoms. The number of H-pyrrole nitrogens is 1. The first-order valence-electron chi connectivity index (χ1n) is 7.03. The molecule has 122 valence electrons. The molecule has 0 atom stereocenters. The summed E-state index contributed by atoms with van der Waals surface area (Å²) < 4.78 is 0. The number of halogens is 2. The Morgan fingerprint density at radius 2 is 1.88 bits per heavy atom. The summed E-state index contributed by atoms with van der Waals surface area (Å²) >= 11 is 12.1. The van der Waals surface area contributed by atoms with E-state index in [1.807, 2.05) is 13.0 Å². The second-order valence-corrected chi connectivity index (χ2v) is 5.86. The fraction of sp³-hybridized carbons (Fsp3) is 0.0625. The lowest BCUT2D eigenvalue weighted by molar-refractivity contribution is 0.102. The average Bonchev–Trinajstić information content (AvgIpc) is 2.92. The second-order valence-electron chi connectivity index (χ2n) is 5.04. The molecule has 2 heterocycles. The number of aromatic amines is 1. The van der Waals surface area contributed by atoms with Crippen molar-refractivity contribution < 1.29 is 4.79 Å². The predicted molar refractivity (Wildman–Crippen MR) is 95.3 cm³/mol. The zero-order valence-electron chi connectivity index (χ0n) is 12.6. The normalized spacial score (nSPS) is 10.5. The molecule has 0 aliphatic heterocycles. The Morgan fingerprint density at radius 1 is 1.12 bits per heavy atom. The summed E-state index contributed by atoms with van der Waals surface area (Å²) in [4.78, 5) is 16.6. The van der Waals surface area contributed by atoms with Crippen molar-refractivity contribution in [1.29, 1.82) is 0 Å². The Balaban J connectivity index is 1.78. The molecular formula is C16H13Cl2N5O. The van der Waals surface area contributed by atoms with Crippen LogP contribution in [0.15, 0.2) is 42.6 Å². The van der Waals surface area contributed by atoms with E-state index in [4.69, 9.17) is 23.2 Å². The van der Waals surface area contributed by atoms with Gasteiger partial charge in [-0.05, 0) is 25.1 Å². The van der Waals surface area contributed by atoms with Gasteiger partial charge >= 0.3 is 0 Å². The van der Waals surface area contributed by atoms with Crippen LogP contribution in [0, 0.1) is 6.92 Å². The number of hydrogen-bond donors (Lipinski definition) is 3. The van der Waals surface area contributed by atoms with Crippen LogP contribution in [0.25, 0.3) is 0 Å². The third-order valence-corrected chi connectivity index (χ3v) is 3.80. The van der Waals surface area contributed by atoms with Gasteiger partial charge in [0.2, 0.25) is 0 Å². The lowest BCUT2D eigenvalue weighted by Crippen LogP contribution is -2.13. The molecule has 0 fully saturated rings. The molecule has 24 heavy (non-hydrogen) atoms. The van der Waals surface area contributed by atoms with Crippen molar-refractivity contribution in [1.82, 2.24) is 15.2 Å². The number of pyridine rings is 1. The van der Waals surface area contributed by atoms with Crippen LogP contribution in [0.3, 0.4) is 0 Å². The SMILES string of the molecule is Cc1cc(Nc2cc(NC(=O)c3c(Cl)cccc3Cl)ccn2)n[nH]1. The standard InChI is InChI=1S/C16H13Cl2N5O/c1-9-7-14(23-22-9)21-13-8-10(5-6-19-13)20-16(24)15-11(17)3-2-4-12(15)18/h2-8H,1H3,(H3,19,20,21,22,23,24). The molecule has 0 radical (unpaired) electrons. The minimum atomic E-state index is -0.390. The summed E-state index contributed by atoms with van der Waals surface area (Å²) in [6.45, 7) is 1.90. The molecule has 0 spiro atoms. The van der Waals surface area contributed by atoms with Gasteiger partial charge in [-0.15, -0.1) is 0 Å². The number of benzene rings is 1. The molecule has 3 aromatic rings. The quantitative estimate of drug-likeness (QED) is 0.642. The summed E-state index contributed by atoms with van der Waals surface area (Å²) in [5, 5.41) is 13.3. The van der Waals surface area contributed by atoms with Gasteiger partial charge in [-0.1, -0.05) is 29.3 Å². The molecule has 2 aromatic heterocycles. The molecule has 1 aromatic carbocycles. The van der Waals surface area contributed by atoms with Crippen LogP contribution in [0.2, 0.25) is 10.0 Å². The lowest BCUT2D eigenvalue weighted by atomic mass is 10.2. The van der Waals surface area contributed by atoms with E-state index in [2.05, 4.69) is 25.8 Å². The van der Waals surface area contributed by atoms with Crippen LogP contribution in [-0.2, 0) is 0 Å². The highest BCUT2D eigenvalue weighted by Gasteiger charge is 2.15. The van der Waals surface area contributed by atoms with Crippen molar-refractivity contribution in [2.45, 2.75) is 6.92 Å². The van der Waals surface area contributed by atoms with E-state index < -0.39 is 5.91 Å². The van der Waals surface area contributed by atoms with Crippen LogP contribution in [0.5, 0.6) is 0 Å². The highest BCUT2D eigenvalue weighted by Crippen LogP contribution is 2.25. The second kappa shape index (κ2) is 6.90. The van der Waals surface area contributed by atoms with Crippen LogP contribution < -0.4 is 10.6 Å². The van der Waals surface area contributed by atoms with Gasteiger partial charge in [-0.25, -0.2) is 4.98 Å². The minimum Gasteiger partial charge on any atom is -0.323 e. The van der Waals surface area contributed by atoms with E-state index in [9.17, 15) is 4.79 Å². The van der Waals surface area contributed by atoms with Gasteiger partial charge < -0.3 is 10.6 Å². The first-order chi connectivity index (χ1) is 11.5. The Bertz CT molecular complexity index is 873. The molecule has 0 aliphatic rings. The number of carbonyl (C=O) groups excluding carboxylic acids is 1. The van der Waals surface area contributed by atoms with E-state index in [1.165, 1.54) is 0 Å². The first kappa shape index (κ1) is 16.3. The van der Waals surface area contributed by atoms with Crippen molar-refractivity contribution in [2.75, 3.05) is 10.6 Å². The third-order valence-electron chi connectivity index (χ3n) is 3.17. The summed E-state index contributed by atoms with van der Waals surface area (Å²) in [5.41, 5.74) is 1.71. The smallest absolute Gasteiger partial charge is 0.258 e. The van der Waals surface area contributed by atoms with E-state index >= 15 is 0 Å². The van der Waals surface area contributed by atoms with Crippen molar-refractivity contribution in [2.24, 2.45) is 0 Å². The molecule has 0 saturated heterocycles. The van der Waals surface area contributed by atoms with Gasteiger partial charge in [0.05, 0.1) is 15.6 Å². The number of rotatable bonds is 4. The molecule has 0 unspecified atom stereocenters. The highest BCUT2D eigenvalue weighted by molar-refractivity contribution is 6.40. The summed E-state index contributed by atoms with van der Waals surface area (Å²) in [6, 6.07) is 10.1. The number of anilines is 3. The Hall–Kier alpha value is -2.57. The Labute approximate surface area is 148 Å². The van der Waals surface area contributed by atoms with Gasteiger partial charge in [-0.3, -0.25) is 9.89 Å². The molecule has 0 aliphatic carbocycles. The molecule has 3 rings (SSSR count). The van der Waals surface area contributed by atoms with E-state index in [0.717, 1.165) is 5.69 Å². The maximum absolute atomic E-state index is 12.4. The monoisotopic (exact) mass is 361 g/mol. The molecule has 0 bridgehead atoms. The number of aromatic nitrogens is 3. The summed E-state index contributed by atoms with van der Waals surface area (Å²) in [5.74, 6) is 0.792. The van der Waals surface area contributed by atoms with Gasteiger partial charge in [0.25, 0.3) is 5.91 Å². The summed E-state index contributed by atoms with van der Waals surface area (Å²) in [7, 11) is 0. The topological polar surface area (TPSA) is 82.7 Å². The predicted octanol–water partition coefficient (Wildman–Crippen LogP) is 4.42. The summed E-state index contributed by atoms with van der Waals surface area (Å²) in [6.07, 6.45) is 1.58. The number of hydrogen-bond acceptors (Lipinski definition) is 4. The van der Waals surface area contributed by atoms with Gasteiger partial charge in [0.15, 0.2) is 5.82 Å². The largest absolute Gasteiger partial charge is 0.323 e. The zero-order valence-corrected chi connectivity index (χ0v) is 14.1. The maximum atomic E-state index is 12.4. The van der Waals surface area contributed by atoms with Gasteiger partial charge in [0, 0.05) is 29.7 Å². The van der Waals surface area contributed by atoms with Crippen LogP contribution in [0.4, 0.5) is 17.3 Å². The molecule has 0 saturated carbocycles. The van der Waals surface area contributed by atoms with Crippen molar-refractivity contribution >= 4 is 46.4 Å². The Kier molecular flexibility index (Phi) is 4.69. The fourth-order valence-electron chi connectivity index (χ4n) is 2.10. The van der Waals surface area contributed by atoms with Crippen molar-refractivity contribution in [3.05, 3.63) is 63.9 Å². The van der Waals surface area contributed by atoms with E-state index in [-0.39, 0.29) is 5.56 Å². The van der Waals surface area contributed by atoms with Crippen LogP contribution >= 0.6 is 23.2 Å². The number of amides is 1. The first-order valence-corrected chi connectivity index (χ1v) is 7.79. The van der Waals surface area contributed by atoms with E-state index in [1.54, 1.807) is 36.5 Å². The third kappa shape index (κ3) is 3.67. The minimum absolute atomic E-state index is 0.232. The van der Waals surface area contributed by atoms with Gasteiger partial charge in [-0.2, -0.15) is 5.10 Å². The number of aryl methyl sites for hydroxylation is 1. The van der Waals surface area contributed by atoms with Crippen molar-refractivity contribution in [3.8, 4) is 0 Å².